The van der Waals surface area contributed by atoms with Gasteiger partial charge in [0.05, 0.1) is 14.2 Å². The summed E-state index contributed by atoms with van der Waals surface area (Å²) in [5.41, 5.74) is 1.02. The van der Waals surface area contributed by atoms with Gasteiger partial charge in [0.25, 0.3) is 5.91 Å². The summed E-state index contributed by atoms with van der Waals surface area (Å²) < 4.78 is 16.1. The van der Waals surface area contributed by atoms with Gasteiger partial charge < -0.3 is 24.8 Å². The minimum absolute atomic E-state index is 0. The zero-order valence-corrected chi connectivity index (χ0v) is 16.0. The highest BCUT2D eigenvalue weighted by molar-refractivity contribution is 6.08. The first-order valence-electron chi connectivity index (χ1n) is 8.15. The summed E-state index contributed by atoms with van der Waals surface area (Å²) in [5, 5.41) is 6.03. The molecule has 142 valence electrons. The molecule has 0 atom stereocenters. The number of amides is 1. The second-order valence-corrected chi connectivity index (χ2v) is 5.22. The third kappa shape index (κ3) is 5.82. The summed E-state index contributed by atoms with van der Waals surface area (Å²) in [6.07, 6.45) is 0. The number of ether oxygens (including phenoxy) is 3. The van der Waals surface area contributed by atoms with Crippen LogP contribution in [0.25, 0.3) is 0 Å². The van der Waals surface area contributed by atoms with E-state index in [9.17, 15) is 4.79 Å². The number of nitrogens with one attached hydrogen (secondary N) is 2. The monoisotopic (exact) mass is 380 g/mol. The molecule has 2 rings (SSSR count). The molecule has 2 aromatic carbocycles. The third-order valence-corrected chi connectivity index (χ3v) is 3.56. The number of hydrogen-bond acceptors (Lipinski definition) is 5. The first-order chi connectivity index (χ1) is 12.2. The fourth-order valence-electron chi connectivity index (χ4n) is 2.32. The van der Waals surface area contributed by atoms with Gasteiger partial charge in [0.2, 0.25) is 0 Å². The van der Waals surface area contributed by atoms with Crippen molar-refractivity contribution in [1.82, 2.24) is 5.32 Å². The molecule has 2 aromatic rings. The number of halogens is 1. The molecule has 0 saturated heterocycles. The van der Waals surface area contributed by atoms with Crippen LogP contribution < -0.4 is 24.8 Å². The first kappa shape index (κ1) is 21.6. The van der Waals surface area contributed by atoms with Crippen molar-refractivity contribution in [2.24, 2.45) is 0 Å². The summed E-state index contributed by atoms with van der Waals surface area (Å²) in [7, 11) is 3.04. The predicted molar refractivity (Wildman–Crippen MR) is 105 cm³/mol. The minimum Gasteiger partial charge on any atom is -0.496 e. The number of benzene rings is 2. The molecular formula is C19H25ClN2O4. The highest BCUT2D eigenvalue weighted by Gasteiger charge is 2.18. The maximum absolute atomic E-state index is 12.6. The number of likely N-dealkylation sites (N-methyl/N-ethyl adjacent to an activating group) is 1. The molecule has 0 saturated carbocycles. The Kier molecular flexibility index (Phi) is 9.33. The van der Waals surface area contributed by atoms with Crippen molar-refractivity contribution in [1.29, 1.82) is 0 Å². The maximum Gasteiger partial charge on any atom is 0.263 e. The summed E-state index contributed by atoms with van der Waals surface area (Å²) in [6, 6.07) is 12.4. The van der Waals surface area contributed by atoms with E-state index >= 15 is 0 Å². The van der Waals surface area contributed by atoms with Crippen LogP contribution >= 0.6 is 12.4 Å². The number of anilines is 1. The van der Waals surface area contributed by atoms with E-state index in [1.54, 1.807) is 30.3 Å². The van der Waals surface area contributed by atoms with Gasteiger partial charge in [0, 0.05) is 12.2 Å². The molecule has 7 heteroatoms. The van der Waals surface area contributed by atoms with Crippen molar-refractivity contribution < 1.29 is 19.0 Å². The van der Waals surface area contributed by atoms with Crippen molar-refractivity contribution >= 4 is 24.0 Å². The summed E-state index contributed by atoms with van der Waals surface area (Å²) in [4.78, 5) is 12.6. The number of carbonyl (C=O) groups excluding carboxylic acids is 1. The van der Waals surface area contributed by atoms with Crippen molar-refractivity contribution in [3.63, 3.8) is 0 Å². The predicted octanol–water partition coefficient (Wildman–Crippen LogP) is 3.37. The van der Waals surface area contributed by atoms with E-state index in [0.29, 0.717) is 29.4 Å². The lowest BCUT2D eigenvalue weighted by molar-refractivity contribution is 0.102. The molecule has 0 unspecified atom stereocenters. The molecule has 0 radical (unpaired) electrons. The second-order valence-electron chi connectivity index (χ2n) is 5.22. The molecule has 0 fully saturated rings. The molecular weight excluding hydrogens is 356 g/mol. The topological polar surface area (TPSA) is 68.8 Å². The van der Waals surface area contributed by atoms with Gasteiger partial charge in [-0.1, -0.05) is 13.0 Å². The summed E-state index contributed by atoms with van der Waals surface area (Å²) in [5.74, 6) is 1.38. The van der Waals surface area contributed by atoms with Crippen LogP contribution in [0.4, 0.5) is 5.69 Å². The van der Waals surface area contributed by atoms with Crippen molar-refractivity contribution in [3.8, 4) is 17.2 Å². The third-order valence-electron chi connectivity index (χ3n) is 3.56. The normalized spacial score (nSPS) is 9.81. The van der Waals surface area contributed by atoms with Crippen LogP contribution in [0.2, 0.25) is 0 Å². The Balaban J connectivity index is 0.00000338. The molecule has 0 aliphatic rings. The zero-order chi connectivity index (χ0) is 18.1. The van der Waals surface area contributed by atoms with Crippen LogP contribution in [-0.4, -0.2) is 39.8 Å². The molecule has 2 N–H and O–H groups in total. The van der Waals surface area contributed by atoms with Gasteiger partial charge in [-0.05, 0) is 42.9 Å². The molecule has 1 amide bonds. The Hall–Kier alpha value is -2.44. The minimum atomic E-state index is -0.296. The Morgan fingerprint density at radius 1 is 1.00 bits per heavy atom. The van der Waals surface area contributed by atoms with E-state index < -0.39 is 0 Å². The fourth-order valence-corrected chi connectivity index (χ4v) is 2.32. The molecule has 26 heavy (non-hydrogen) atoms. The highest BCUT2D eigenvalue weighted by atomic mass is 35.5. The zero-order valence-electron chi connectivity index (χ0n) is 15.2. The average molecular weight is 381 g/mol. The van der Waals surface area contributed by atoms with Gasteiger partial charge in [-0.15, -0.1) is 12.4 Å². The van der Waals surface area contributed by atoms with Crippen LogP contribution in [0.1, 0.15) is 17.3 Å². The largest absolute Gasteiger partial charge is 0.496 e. The molecule has 0 spiro atoms. The van der Waals surface area contributed by atoms with E-state index in [1.165, 1.54) is 14.2 Å². The second kappa shape index (κ2) is 11.2. The van der Waals surface area contributed by atoms with Crippen LogP contribution in [0, 0.1) is 0 Å². The fraction of sp³-hybridized carbons (Fsp3) is 0.316. The molecule has 0 bridgehead atoms. The van der Waals surface area contributed by atoms with Crippen molar-refractivity contribution in [2.45, 2.75) is 6.92 Å². The van der Waals surface area contributed by atoms with Gasteiger partial charge in [-0.3, -0.25) is 4.79 Å². The lowest BCUT2D eigenvalue weighted by Gasteiger charge is -2.13. The number of carbonyl (C=O) groups is 1. The highest BCUT2D eigenvalue weighted by Crippen LogP contribution is 2.29. The number of methoxy groups -OCH3 is 2. The Morgan fingerprint density at radius 2 is 1.62 bits per heavy atom. The summed E-state index contributed by atoms with van der Waals surface area (Å²) in [6.45, 7) is 4.36. The molecule has 6 nitrogen and oxygen atoms in total. The molecule has 0 heterocycles. The Morgan fingerprint density at radius 3 is 2.15 bits per heavy atom. The van der Waals surface area contributed by atoms with E-state index in [-0.39, 0.29) is 18.3 Å². The van der Waals surface area contributed by atoms with Gasteiger partial charge in [-0.25, -0.2) is 0 Å². The van der Waals surface area contributed by atoms with E-state index in [2.05, 4.69) is 10.6 Å². The van der Waals surface area contributed by atoms with Gasteiger partial charge in [0.1, 0.15) is 29.4 Å². The summed E-state index contributed by atoms with van der Waals surface area (Å²) >= 11 is 0. The van der Waals surface area contributed by atoms with Gasteiger partial charge in [0.15, 0.2) is 0 Å². The Bertz CT molecular complexity index is 670. The first-order valence-corrected chi connectivity index (χ1v) is 8.15. The lowest BCUT2D eigenvalue weighted by Crippen LogP contribution is -2.20. The number of rotatable bonds is 9. The van der Waals surface area contributed by atoms with Crippen molar-refractivity contribution in [2.75, 3.05) is 39.2 Å². The lowest BCUT2D eigenvalue weighted by atomic mass is 10.1. The number of hydrogen-bond donors (Lipinski definition) is 2. The Labute approximate surface area is 160 Å². The molecule has 0 aliphatic carbocycles. The van der Waals surface area contributed by atoms with Crippen molar-refractivity contribution in [3.05, 3.63) is 48.0 Å². The van der Waals surface area contributed by atoms with Crippen LogP contribution in [0.3, 0.4) is 0 Å². The standard InChI is InChI=1S/C19H24N2O4.ClH/c1-4-20-12-13-25-15-10-8-14(9-11-15)21-19(22)18-16(23-2)6-5-7-17(18)24-3;/h5-11,20H,4,12-13H2,1-3H3,(H,21,22);1H. The van der Waals surface area contributed by atoms with E-state index in [4.69, 9.17) is 14.2 Å². The maximum atomic E-state index is 12.6. The van der Waals surface area contributed by atoms with Crippen LogP contribution in [0.5, 0.6) is 17.2 Å². The molecule has 0 aromatic heterocycles. The van der Waals surface area contributed by atoms with E-state index in [0.717, 1.165) is 18.8 Å². The van der Waals surface area contributed by atoms with Crippen LogP contribution in [-0.2, 0) is 0 Å². The quantitative estimate of drug-likeness (QED) is 0.653. The molecule has 0 aliphatic heterocycles. The van der Waals surface area contributed by atoms with Crippen LogP contribution in [0.15, 0.2) is 42.5 Å². The van der Waals surface area contributed by atoms with Gasteiger partial charge in [-0.2, -0.15) is 0 Å². The van der Waals surface area contributed by atoms with Gasteiger partial charge >= 0.3 is 0 Å². The van der Waals surface area contributed by atoms with E-state index in [1.807, 2.05) is 19.1 Å². The SMILES string of the molecule is CCNCCOc1ccc(NC(=O)c2c(OC)cccc2OC)cc1.Cl. The smallest absolute Gasteiger partial charge is 0.263 e. The average Bonchev–Trinajstić information content (AvgIpc) is 2.65.